The maximum Gasteiger partial charge on any atom is 0.0490 e. The summed E-state index contributed by atoms with van der Waals surface area (Å²) in [7, 11) is 0. The van der Waals surface area contributed by atoms with E-state index in [9.17, 15) is 10.2 Å². The average Bonchev–Trinajstić information content (AvgIpc) is 2.65. The van der Waals surface area contributed by atoms with Crippen molar-refractivity contribution in [3.8, 4) is 0 Å². The molecule has 2 N–H and O–H groups in total. The lowest BCUT2D eigenvalue weighted by Crippen LogP contribution is -2.23. The van der Waals surface area contributed by atoms with E-state index < -0.39 is 0 Å². The van der Waals surface area contributed by atoms with Crippen LogP contribution in [0.1, 0.15) is 22.6 Å². The van der Waals surface area contributed by atoms with E-state index in [1.165, 1.54) is 16.3 Å². The van der Waals surface area contributed by atoms with E-state index in [1.54, 1.807) is 0 Å². The number of aliphatic hydroxyl groups excluding tert-OH is 2. The van der Waals surface area contributed by atoms with E-state index in [2.05, 4.69) is 36.4 Å². The molecule has 1 unspecified atom stereocenters. The minimum atomic E-state index is -0.249. The molecule has 0 amide bonds. The summed E-state index contributed by atoms with van der Waals surface area (Å²) in [6.07, 6.45) is 2.18. The fourth-order valence-electron chi connectivity index (χ4n) is 3.89. The Hall–Kier alpha value is -2.13. The van der Waals surface area contributed by atoms with E-state index in [1.807, 2.05) is 30.3 Å². The van der Waals surface area contributed by atoms with E-state index in [0.717, 1.165) is 16.7 Å². The molecule has 1 aliphatic rings. The molecule has 3 heteroatoms. The molecule has 0 aromatic heterocycles. The van der Waals surface area contributed by atoms with Gasteiger partial charge in [-0.3, -0.25) is 0 Å². The van der Waals surface area contributed by atoms with Crippen molar-refractivity contribution in [1.29, 1.82) is 0 Å². The maximum atomic E-state index is 9.88. The van der Waals surface area contributed by atoms with Gasteiger partial charge < -0.3 is 10.2 Å². The van der Waals surface area contributed by atoms with E-state index in [0.29, 0.717) is 5.02 Å². The molecular formula is C22H19ClO2. The van der Waals surface area contributed by atoms with Crippen LogP contribution in [-0.2, 0) is 0 Å². The largest absolute Gasteiger partial charge is 0.396 e. The van der Waals surface area contributed by atoms with Crippen molar-refractivity contribution >= 4 is 34.0 Å². The Morgan fingerprint density at radius 2 is 1.56 bits per heavy atom. The molecule has 3 aromatic carbocycles. The third-order valence-corrected chi connectivity index (χ3v) is 5.32. The highest BCUT2D eigenvalue weighted by atomic mass is 35.5. The minimum absolute atomic E-state index is 0.0604. The van der Waals surface area contributed by atoms with Crippen LogP contribution >= 0.6 is 11.6 Å². The number of benzene rings is 3. The molecule has 3 aromatic rings. The van der Waals surface area contributed by atoms with E-state index in [4.69, 9.17) is 11.6 Å². The van der Waals surface area contributed by atoms with Crippen LogP contribution in [0.4, 0.5) is 0 Å². The van der Waals surface area contributed by atoms with E-state index in [-0.39, 0.29) is 25.0 Å². The Balaban J connectivity index is 1.99. The molecule has 2 nitrogen and oxygen atoms in total. The molecule has 0 heterocycles. The zero-order valence-corrected chi connectivity index (χ0v) is 14.4. The molecule has 126 valence electrons. The second kappa shape index (κ2) is 6.64. The predicted molar refractivity (Wildman–Crippen MR) is 104 cm³/mol. The van der Waals surface area contributed by atoms with Gasteiger partial charge in [-0.2, -0.15) is 0 Å². The SMILES string of the molecule is OCC(CO)C1C(c2ccc(Cl)cc2)=Cc2cccc3cccc1c23. The number of hydrogen-bond donors (Lipinski definition) is 2. The number of rotatable bonds is 4. The lowest BCUT2D eigenvalue weighted by Gasteiger charge is -2.32. The summed E-state index contributed by atoms with van der Waals surface area (Å²) >= 11 is 6.05. The molecule has 0 fully saturated rings. The van der Waals surface area contributed by atoms with Gasteiger partial charge in [0.1, 0.15) is 0 Å². The summed E-state index contributed by atoms with van der Waals surface area (Å²) in [5, 5.41) is 22.8. The normalized spacial score (nSPS) is 16.3. The molecular weight excluding hydrogens is 332 g/mol. The monoisotopic (exact) mass is 350 g/mol. The molecule has 4 rings (SSSR count). The first-order valence-corrected chi connectivity index (χ1v) is 8.81. The number of hydrogen-bond acceptors (Lipinski definition) is 2. The summed E-state index contributed by atoms with van der Waals surface area (Å²) in [4.78, 5) is 0. The number of allylic oxidation sites excluding steroid dienone is 1. The fraction of sp³-hybridized carbons (Fsp3) is 0.182. The van der Waals surface area contributed by atoms with Crippen molar-refractivity contribution < 1.29 is 10.2 Å². The zero-order valence-electron chi connectivity index (χ0n) is 13.7. The zero-order chi connectivity index (χ0) is 17.4. The van der Waals surface area contributed by atoms with Crippen LogP contribution < -0.4 is 0 Å². The summed E-state index contributed by atoms with van der Waals surface area (Å²) in [6, 6.07) is 20.3. The van der Waals surface area contributed by atoms with Gasteiger partial charge in [0.05, 0.1) is 0 Å². The molecule has 0 bridgehead atoms. The molecule has 0 aliphatic heterocycles. The van der Waals surface area contributed by atoms with Crippen molar-refractivity contribution in [2.75, 3.05) is 13.2 Å². The van der Waals surface area contributed by atoms with Crippen molar-refractivity contribution in [3.63, 3.8) is 0 Å². The van der Waals surface area contributed by atoms with Gasteiger partial charge in [-0.15, -0.1) is 0 Å². The van der Waals surface area contributed by atoms with Gasteiger partial charge >= 0.3 is 0 Å². The third kappa shape index (κ3) is 2.77. The van der Waals surface area contributed by atoms with Crippen molar-refractivity contribution in [1.82, 2.24) is 0 Å². The summed E-state index contributed by atoms with van der Waals surface area (Å²) in [5.74, 6) is -0.310. The second-order valence-electron chi connectivity index (χ2n) is 6.50. The first kappa shape index (κ1) is 16.3. The van der Waals surface area contributed by atoms with Crippen LogP contribution in [0.5, 0.6) is 0 Å². The van der Waals surface area contributed by atoms with Gasteiger partial charge in [0.2, 0.25) is 0 Å². The molecule has 0 saturated heterocycles. The average molecular weight is 351 g/mol. The Morgan fingerprint density at radius 1 is 0.880 bits per heavy atom. The van der Waals surface area contributed by atoms with Crippen LogP contribution in [-0.4, -0.2) is 23.4 Å². The lowest BCUT2D eigenvalue weighted by atomic mass is 9.72. The van der Waals surface area contributed by atoms with Gasteiger partial charge in [-0.25, -0.2) is 0 Å². The highest BCUT2D eigenvalue weighted by molar-refractivity contribution is 6.30. The fourth-order valence-corrected chi connectivity index (χ4v) is 4.01. The van der Waals surface area contributed by atoms with Gasteiger partial charge in [0.15, 0.2) is 0 Å². The summed E-state index contributed by atoms with van der Waals surface area (Å²) < 4.78 is 0. The van der Waals surface area contributed by atoms with Crippen LogP contribution in [0.3, 0.4) is 0 Å². The van der Waals surface area contributed by atoms with E-state index >= 15 is 0 Å². The molecule has 0 spiro atoms. The molecule has 1 aliphatic carbocycles. The molecule has 25 heavy (non-hydrogen) atoms. The predicted octanol–water partition coefficient (Wildman–Crippen LogP) is 4.73. The smallest absolute Gasteiger partial charge is 0.0490 e. The van der Waals surface area contributed by atoms with Crippen molar-refractivity contribution in [2.24, 2.45) is 5.92 Å². The molecule has 0 radical (unpaired) electrons. The van der Waals surface area contributed by atoms with Crippen LogP contribution in [0.15, 0.2) is 60.7 Å². The molecule has 0 saturated carbocycles. The maximum absolute atomic E-state index is 9.88. The topological polar surface area (TPSA) is 40.5 Å². The summed E-state index contributed by atoms with van der Waals surface area (Å²) in [6.45, 7) is -0.130. The Morgan fingerprint density at radius 3 is 2.24 bits per heavy atom. The van der Waals surface area contributed by atoms with Gasteiger partial charge in [0, 0.05) is 30.1 Å². The Bertz CT molecular complexity index is 935. The Kier molecular flexibility index (Phi) is 4.34. The van der Waals surface area contributed by atoms with Crippen LogP contribution in [0, 0.1) is 5.92 Å². The van der Waals surface area contributed by atoms with Gasteiger partial charge in [0.25, 0.3) is 0 Å². The first-order chi connectivity index (χ1) is 12.2. The third-order valence-electron chi connectivity index (χ3n) is 5.07. The number of halogens is 1. The first-order valence-electron chi connectivity index (χ1n) is 8.44. The minimum Gasteiger partial charge on any atom is -0.396 e. The van der Waals surface area contributed by atoms with Gasteiger partial charge in [-0.05, 0) is 51.2 Å². The highest BCUT2D eigenvalue weighted by Crippen LogP contribution is 2.46. The van der Waals surface area contributed by atoms with Crippen molar-refractivity contribution in [2.45, 2.75) is 5.92 Å². The lowest BCUT2D eigenvalue weighted by molar-refractivity contribution is 0.142. The van der Waals surface area contributed by atoms with Crippen LogP contribution in [0.25, 0.3) is 22.4 Å². The number of aliphatic hydroxyl groups is 2. The highest BCUT2D eigenvalue weighted by Gasteiger charge is 2.31. The second-order valence-corrected chi connectivity index (χ2v) is 6.94. The standard InChI is InChI=1S/C22H19ClO2/c23-18-9-7-14(8-10-18)20-11-16-5-1-3-15-4-2-6-19(21(15)16)22(20)17(12-24)13-25/h1-11,17,22,24-25H,12-13H2. The summed E-state index contributed by atoms with van der Waals surface area (Å²) in [5.41, 5.74) is 4.50. The van der Waals surface area contributed by atoms with Crippen molar-refractivity contribution in [3.05, 3.63) is 82.4 Å². The quantitative estimate of drug-likeness (QED) is 0.714. The van der Waals surface area contributed by atoms with Gasteiger partial charge in [-0.1, -0.05) is 60.1 Å². The van der Waals surface area contributed by atoms with Crippen LogP contribution in [0.2, 0.25) is 5.02 Å². The Labute approximate surface area is 152 Å². The molecule has 1 atom stereocenters.